The maximum Gasteiger partial charge on any atom is 0.119 e. The standard InChI is InChI=1S/C15H22ClNO3/c16-12-4-6-15(7-5-12)20-11-14(19)9-17-8-2-1-3-13(17)10-18/h4-7,13-14,18-19H,1-3,8-11H2/t13-,14-/m1/s1. The molecule has 1 saturated heterocycles. The Hall–Kier alpha value is -0.810. The Bertz CT molecular complexity index is 399. The summed E-state index contributed by atoms with van der Waals surface area (Å²) < 4.78 is 5.54. The minimum absolute atomic E-state index is 0.158. The van der Waals surface area contributed by atoms with Gasteiger partial charge in [0.25, 0.3) is 0 Å². The molecule has 1 heterocycles. The van der Waals surface area contributed by atoms with E-state index in [-0.39, 0.29) is 19.3 Å². The van der Waals surface area contributed by atoms with Crippen LogP contribution in [0.4, 0.5) is 0 Å². The Balaban J connectivity index is 1.76. The van der Waals surface area contributed by atoms with Crippen LogP contribution >= 0.6 is 11.6 Å². The lowest BCUT2D eigenvalue weighted by molar-refractivity contribution is 0.0232. The highest BCUT2D eigenvalue weighted by Gasteiger charge is 2.23. The number of ether oxygens (including phenoxy) is 1. The van der Waals surface area contributed by atoms with E-state index in [1.54, 1.807) is 24.3 Å². The van der Waals surface area contributed by atoms with Gasteiger partial charge in [-0.25, -0.2) is 0 Å². The van der Waals surface area contributed by atoms with Gasteiger partial charge in [-0.05, 0) is 43.7 Å². The van der Waals surface area contributed by atoms with Gasteiger partial charge in [0, 0.05) is 17.6 Å². The highest BCUT2D eigenvalue weighted by molar-refractivity contribution is 6.30. The molecule has 0 aliphatic carbocycles. The van der Waals surface area contributed by atoms with Crippen molar-refractivity contribution in [2.45, 2.75) is 31.4 Å². The molecule has 112 valence electrons. The number of hydrogen-bond donors (Lipinski definition) is 2. The largest absolute Gasteiger partial charge is 0.491 e. The van der Waals surface area contributed by atoms with E-state index < -0.39 is 6.10 Å². The maximum absolute atomic E-state index is 10.1. The fraction of sp³-hybridized carbons (Fsp3) is 0.600. The van der Waals surface area contributed by atoms with Gasteiger partial charge in [-0.3, -0.25) is 4.90 Å². The molecule has 0 bridgehead atoms. The summed E-state index contributed by atoms with van der Waals surface area (Å²) in [6.07, 6.45) is 2.72. The zero-order valence-electron chi connectivity index (χ0n) is 11.5. The van der Waals surface area contributed by atoms with Gasteiger partial charge in [0.05, 0.1) is 6.61 Å². The van der Waals surface area contributed by atoms with E-state index in [2.05, 4.69) is 4.90 Å². The average molecular weight is 300 g/mol. The summed E-state index contributed by atoms with van der Waals surface area (Å²) in [7, 11) is 0. The van der Waals surface area contributed by atoms with Gasteiger partial charge < -0.3 is 14.9 Å². The fourth-order valence-corrected chi connectivity index (χ4v) is 2.68. The molecule has 20 heavy (non-hydrogen) atoms. The quantitative estimate of drug-likeness (QED) is 0.843. The molecule has 0 saturated carbocycles. The monoisotopic (exact) mass is 299 g/mol. The first-order valence-corrected chi connectivity index (χ1v) is 7.48. The van der Waals surface area contributed by atoms with Gasteiger partial charge in [-0.2, -0.15) is 0 Å². The Kier molecular flexibility index (Phi) is 6.10. The van der Waals surface area contributed by atoms with E-state index in [0.717, 1.165) is 25.8 Å². The third-order valence-electron chi connectivity index (χ3n) is 3.66. The van der Waals surface area contributed by atoms with E-state index >= 15 is 0 Å². The number of rotatable bonds is 6. The predicted molar refractivity (Wildman–Crippen MR) is 79.3 cm³/mol. The van der Waals surface area contributed by atoms with Gasteiger partial charge in [0.2, 0.25) is 0 Å². The SMILES string of the molecule is OC[C@H]1CCCCN1C[C@@H](O)COc1ccc(Cl)cc1. The topological polar surface area (TPSA) is 52.9 Å². The number of aliphatic hydroxyl groups is 2. The number of nitrogens with zero attached hydrogens (tertiary/aromatic N) is 1. The lowest BCUT2D eigenvalue weighted by Crippen LogP contribution is -2.46. The van der Waals surface area contributed by atoms with Crippen LogP contribution in [0.25, 0.3) is 0 Å². The number of halogens is 1. The van der Waals surface area contributed by atoms with Gasteiger partial charge in [-0.1, -0.05) is 18.0 Å². The molecule has 4 nitrogen and oxygen atoms in total. The lowest BCUT2D eigenvalue weighted by atomic mass is 10.0. The molecule has 1 aliphatic rings. The summed E-state index contributed by atoms with van der Waals surface area (Å²) >= 11 is 5.80. The molecule has 0 aromatic heterocycles. The molecule has 2 N–H and O–H groups in total. The van der Waals surface area contributed by atoms with Gasteiger partial charge in [-0.15, -0.1) is 0 Å². The van der Waals surface area contributed by atoms with Crippen LogP contribution in [-0.2, 0) is 0 Å². The molecule has 0 radical (unpaired) electrons. The number of likely N-dealkylation sites (tertiary alicyclic amines) is 1. The van der Waals surface area contributed by atoms with Crippen molar-refractivity contribution in [3.8, 4) is 5.75 Å². The van der Waals surface area contributed by atoms with E-state index in [4.69, 9.17) is 16.3 Å². The van der Waals surface area contributed by atoms with Crippen molar-refractivity contribution in [2.75, 3.05) is 26.3 Å². The van der Waals surface area contributed by atoms with Crippen LogP contribution in [0, 0.1) is 0 Å². The summed E-state index contributed by atoms with van der Waals surface area (Å²) in [5.74, 6) is 0.700. The minimum atomic E-state index is -0.558. The zero-order chi connectivity index (χ0) is 14.4. The summed E-state index contributed by atoms with van der Waals surface area (Å²) in [6, 6.07) is 7.26. The van der Waals surface area contributed by atoms with Crippen molar-refractivity contribution in [2.24, 2.45) is 0 Å². The van der Waals surface area contributed by atoms with E-state index in [1.165, 1.54) is 0 Å². The van der Waals surface area contributed by atoms with Crippen molar-refractivity contribution in [3.05, 3.63) is 29.3 Å². The Morgan fingerprint density at radius 3 is 2.75 bits per heavy atom. The Morgan fingerprint density at radius 1 is 1.30 bits per heavy atom. The molecule has 2 rings (SSSR count). The molecule has 1 fully saturated rings. The molecule has 1 aliphatic heterocycles. The molecule has 0 amide bonds. The van der Waals surface area contributed by atoms with Gasteiger partial charge in [0.15, 0.2) is 0 Å². The maximum atomic E-state index is 10.1. The van der Waals surface area contributed by atoms with Crippen LogP contribution in [0.1, 0.15) is 19.3 Å². The molecule has 5 heteroatoms. The number of benzene rings is 1. The van der Waals surface area contributed by atoms with Crippen LogP contribution in [0.15, 0.2) is 24.3 Å². The summed E-state index contributed by atoms with van der Waals surface area (Å²) in [4.78, 5) is 2.15. The summed E-state index contributed by atoms with van der Waals surface area (Å²) in [5, 5.41) is 20.1. The highest BCUT2D eigenvalue weighted by atomic mass is 35.5. The summed E-state index contributed by atoms with van der Waals surface area (Å²) in [6.45, 7) is 1.88. The molecule has 0 unspecified atom stereocenters. The second kappa shape index (κ2) is 7.84. The predicted octanol–water partition coefficient (Wildman–Crippen LogP) is 1.93. The fourth-order valence-electron chi connectivity index (χ4n) is 2.55. The molecule has 1 aromatic rings. The first kappa shape index (κ1) is 15.6. The molecule has 0 spiro atoms. The summed E-state index contributed by atoms with van der Waals surface area (Å²) in [5.41, 5.74) is 0. The van der Waals surface area contributed by atoms with Crippen LogP contribution in [-0.4, -0.2) is 53.6 Å². The first-order chi connectivity index (χ1) is 9.69. The van der Waals surface area contributed by atoms with Gasteiger partial charge in [0.1, 0.15) is 18.5 Å². The van der Waals surface area contributed by atoms with Crippen molar-refractivity contribution < 1.29 is 14.9 Å². The number of piperidine rings is 1. The van der Waals surface area contributed by atoms with E-state index in [1.807, 2.05) is 0 Å². The van der Waals surface area contributed by atoms with Crippen molar-refractivity contribution in [3.63, 3.8) is 0 Å². The molecular weight excluding hydrogens is 278 g/mol. The highest BCUT2D eigenvalue weighted by Crippen LogP contribution is 2.18. The van der Waals surface area contributed by atoms with Crippen LogP contribution in [0.3, 0.4) is 0 Å². The van der Waals surface area contributed by atoms with Crippen LogP contribution in [0.5, 0.6) is 5.75 Å². The third-order valence-corrected chi connectivity index (χ3v) is 3.91. The molecular formula is C15H22ClNO3. The average Bonchev–Trinajstić information content (AvgIpc) is 2.47. The zero-order valence-corrected chi connectivity index (χ0v) is 12.3. The Labute approximate surface area is 124 Å². The molecule has 1 aromatic carbocycles. The van der Waals surface area contributed by atoms with E-state index in [9.17, 15) is 10.2 Å². The van der Waals surface area contributed by atoms with Crippen molar-refractivity contribution in [1.82, 2.24) is 4.90 Å². The van der Waals surface area contributed by atoms with Crippen molar-refractivity contribution in [1.29, 1.82) is 0 Å². The second-order valence-corrected chi connectivity index (χ2v) is 5.68. The number of hydrogen-bond acceptors (Lipinski definition) is 4. The van der Waals surface area contributed by atoms with Crippen LogP contribution < -0.4 is 4.74 Å². The van der Waals surface area contributed by atoms with Gasteiger partial charge >= 0.3 is 0 Å². The lowest BCUT2D eigenvalue weighted by Gasteiger charge is -2.35. The number of β-amino-alcohol motifs (C(OH)–C–C–N with tert-alkyl or cyclic N) is 1. The van der Waals surface area contributed by atoms with Crippen molar-refractivity contribution >= 4 is 11.6 Å². The smallest absolute Gasteiger partial charge is 0.119 e. The Morgan fingerprint density at radius 2 is 2.05 bits per heavy atom. The normalized spacial score (nSPS) is 21.6. The van der Waals surface area contributed by atoms with Crippen LogP contribution in [0.2, 0.25) is 5.02 Å². The second-order valence-electron chi connectivity index (χ2n) is 5.25. The third kappa shape index (κ3) is 4.63. The minimum Gasteiger partial charge on any atom is -0.491 e. The number of aliphatic hydroxyl groups excluding tert-OH is 2. The van der Waals surface area contributed by atoms with E-state index in [0.29, 0.717) is 17.3 Å². The molecule has 2 atom stereocenters. The first-order valence-electron chi connectivity index (χ1n) is 7.10.